The summed E-state index contributed by atoms with van der Waals surface area (Å²) in [7, 11) is 0. The third-order valence-electron chi connectivity index (χ3n) is 5.22. The molecule has 0 N–H and O–H groups in total. The molecule has 6 rings (SSSR count). The molecule has 6 aliphatic rings. The molecule has 0 saturated heterocycles. The maximum atomic E-state index is 2.23. The maximum Gasteiger partial charge on any atom is 0.0718 e. The van der Waals surface area contributed by atoms with Crippen LogP contribution in [-0.4, -0.2) is 49.0 Å². The first-order chi connectivity index (χ1) is 21.5. The second kappa shape index (κ2) is 18.8. The van der Waals surface area contributed by atoms with E-state index in [-0.39, 0.29) is 0 Å². The van der Waals surface area contributed by atoms with Crippen LogP contribution in [0.3, 0.4) is 0 Å². The molecule has 0 unspecified atom stereocenters. The fourth-order valence-corrected chi connectivity index (χ4v) is 31.6. The van der Waals surface area contributed by atoms with Gasteiger partial charge in [0.05, 0.1) is 67.8 Å². The first-order valence-corrected chi connectivity index (χ1v) is 31.2. The maximum absolute atomic E-state index is 2.23. The van der Waals surface area contributed by atoms with Crippen molar-refractivity contribution in [2.45, 2.75) is 0 Å². The Morgan fingerprint density at radius 1 is 0.273 bits per heavy atom. The molecule has 0 saturated carbocycles. The van der Waals surface area contributed by atoms with Gasteiger partial charge in [0, 0.05) is 11.5 Å². The molecular weight excluding hydrogens is 930 g/mol. The van der Waals surface area contributed by atoms with Crippen LogP contribution in [0.5, 0.6) is 0 Å². The van der Waals surface area contributed by atoms with E-state index in [4.69, 9.17) is 0 Å². The lowest BCUT2D eigenvalue weighted by molar-refractivity contribution is 1.57. The summed E-state index contributed by atoms with van der Waals surface area (Å²) in [5, 5.41) is 0. The van der Waals surface area contributed by atoms with Crippen molar-refractivity contribution < 1.29 is 0 Å². The van der Waals surface area contributed by atoms with Gasteiger partial charge >= 0.3 is 0 Å². The summed E-state index contributed by atoms with van der Waals surface area (Å²) in [4.78, 5) is 0. The van der Waals surface area contributed by atoms with E-state index >= 15 is 0 Å². The van der Waals surface area contributed by atoms with Crippen molar-refractivity contribution in [2.24, 2.45) is 0 Å². The minimum absolute atomic E-state index is 1.14. The molecule has 0 fully saturated rings. The Kier molecular flexibility index (Phi) is 16.5. The molecule has 0 aliphatic carbocycles. The molecule has 0 aromatic carbocycles. The van der Waals surface area contributed by atoms with Crippen LogP contribution in [0.1, 0.15) is 0 Å². The van der Waals surface area contributed by atoms with Crippen LogP contribution < -0.4 is 0 Å². The van der Waals surface area contributed by atoms with E-state index in [1.54, 1.807) is 0 Å². The second-order valence-electron chi connectivity index (χ2n) is 7.75. The largest absolute Gasteiger partial charge is 0.121 e. The molecule has 20 heteroatoms. The minimum Gasteiger partial charge on any atom is -0.121 e. The molecule has 6 heterocycles. The number of hydrogen-bond donors (Lipinski definition) is 0. The normalized spacial score (nSPS) is 22.8. The average molecular weight is 952 g/mol. The monoisotopic (exact) mass is 950 g/mol. The zero-order valence-electron chi connectivity index (χ0n) is 23.6. The molecule has 0 aromatic rings. The number of thioether (sulfide) groups is 20. The highest BCUT2D eigenvalue weighted by Gasteiger charge is 2.37. The van der Waals surface area contributed by atoms with Crippen LogP contribution >= 0.6 is 235 Å². The summed E-state index contributed by atoms with van der Waals surface area (Å²) in [6, 6.07) is 0. The third-order valence-corrected chi connectivity index (χ3v) is 33.9. The lowest BCUT2D eigenvalue weighted by Crippen LogP contribution is -1.84. The summed E-state index contributed by atoms with van der Waals surface area (Å²) in [6.07, 6.45) is 13.2. The van der Waals surface area contributed by atoms with Crippen molar-refractivity contribution >= 4 is 235 Å². The standard InChI is InChI=1S/C24H22S20/c1-25-9-10(26-2)34-17(33-9)19-37-13(29-5)15(39-19)31-7-8-32-16-14(30-6)38-20(40-16)22-43-23-24(44-22)42-21(41-23)18-35-11(27-3)12(28-4)36-18/h7-8H2,1-6H3. The van der Waals surface area contributed by atoms with Crippen molar-refractivity contribution in [3.8, 4) is 0 Å². The lowest BCUT2D eigenvalue weighted by Gasteiger charge is -2.07. The van der Waals surface area contributed by atoms with E-state index < -0.39 is 0 Å². The molecule has 238 valence electrons. The molecule has 44 heavy (non-hydrogen) atoms. The topological polar surface area (TPSA) is 0 Å². The highest BCUT2D eigenvalue weighted by atomic mass is 32.3. The molecule has 0 aromatic heterocycles. The van der Waals surface area contributed by atoms with Crippen LogP contribution in [0, 0.1) is 0 Å². The van der Waals surface area contributed by atoms with Crippen molar-refractivity contribution in [1.82, 2.24) is 0 Å². The number of rotatable bonds is 11. The van der Waals surface area contributed by atoms with Crippen molar-refractivity contribution in [2.75, 3.05) is 49.0 Å². The first-order valence-electron chi connectivity index (χ1n) is 12.1. The van der Waals surface area contributed by atoms with Crippen molar-refractivity contribution in [1.29, 1.82) is 0 Å². The molecule has 0 atom stereocenters. The van der Waals surface area contributed by atoms with Gasteiger partial charge in [0.15, 0.2) is 0 Å². The lowest BCUT2D eigenvalue weighted by atomic mass is 11.0. The third kappa shape index (κ3) is 9.16. The van der Waals surface area contributed by atoms with Crippen LogP contribution in [0.2, 0.25) is 0 Å². The van der Waals surface area contributed by atoms with Crippen LogP contribution in [0.4, 0.5) is 0 Å². The predicted octanol–water partition coefficient (Wildman–Crippen LogP) is 16.5. The van der Waals surface area contributed by atoms with Gasteiger partial charge in [-0.05, 0) is 37.5 Å². The SMILES string of the molecule is CSC1=C(SC)SC(=C2SC(SC)=C(SCCSC3=C(SC)SC(=C4SC5=C(SC(=C6SC(SC)=C(SC)S6)S5)S4)S3)S2)S1. The molecule has 0 radical (unpaired) electrons. The molecule has 0 bridgehead atoms. The van der Waals surface area contributed by atoms with Gasteiger partial charge in [-0.1, -0.05) is 141 Å². The van der Waals surface area contributed by atoms with Gasteiger partial charge in [0.1, 0.15) is 0 Å². The number of hydrogen-bond acceptors (Lipinski definition) is 20. The van der Waals surface area contributed by atoms with Crippen LogP contribution in [0.25, 0.3) is 0 Å². The zero-order valence-corrected chi connectivity index (χ0v) is 39.9. The summed E-state index contributed by atoms with van der Waals surface area (Å²) >= 11 is 39.3. The Balaban J connectivity index is 0.994. The zero-order chi connectivity index (χ0) is 30.8. The van der Waals surface area contributed by atoms with Crippen LogP contribution in [0.15, 0.2) is 67.8 Å². The van der Waals surface area contributed by atoms with E-state index in [1.165, 1.54) is 67.8 Å². The Bertz CT molecular complexity index is 1410. The fraction of sp³-hybridized carbons (Fsp3) is 0.333. The first kappa shape index (κ1) is 38.6. The highest BCUT2D eigenvalue weighted by Crippen LogP contribution is 2.73. The summed E-state index contributed by atoms with van der Waals surface area (Å²) in [6.45, 7) is 0. The van der Waals surface area contributed by atoms with E-state index in [0.29, 0.717) is 0 Å². The van der Waals surface area contributed by atoms with Crippen molar-refractivity contribution in [3.63, 3.8) is 0 Å². The Hall–Kier alpha value is 4.92. The average Bonchev–Trinajstić information content (AvgIpc) is 3.88. The quantitative estimate of drug-likeness (QED) is 0.180. The molecule has 0 spiro atoms. The summed E-state index contributed by atoms with van der Waals surface area (Å²) in [5.41, 5.74) is 0. The van der Waals surface area contributed by atoms with Gasteiger partial charge < -0.3 is 0 Å². The van der Waals surface area contributed by atoms with E-state index in [9.17, 15) is 0 Å². The summed E-state index contributed by atoms with van der Waals surface area (Å²) in [5.74, 6) is 2.27. The summed E-state index contributed by atoms with van der Waals surface area (Å²) < 4.78 is 23.6. The van der Waals surface area contributed by atoms with Crippen LogP contribution in [-0.2, 0) is 0 Å². The Morgan fingerprint density at radius 3 is 0.682 bits per heavy atom. The minimum atomic E-state index is 1.14. The fourth-order valence-electron chi connectivity index (χ4n) is 3.37. The van der Waals surface area contributed by atoms with Gasteiger partial charge in [-0.3, -0.25) is 0 Å². The molecule has 0 amide bonds. The smallest absolute Gasteiger partial charge is 0.0718 e. The Morgan fingerprint density at radius 2 is 0.455 bits per heavy atom. The van der Waals surface area contributed by atoms with Gasteiger partial charge in [-0.2, -0.15) is 0 Å². The van der Waals surface area contributed by atoms with E-state index in [0.717, 1.165) is 11.5 Å². The van der Waals surface area contributed by atoms with Crippen molar-refractivity contribution in [3.05, 3.63) is 67.8 Å². The molecule has 0 nitrogen and oxygen atoms in total. The molecule has 6 aliphatic heterocycles. The molecular formula is C24H22S20. The van der Waals surface area contributed by atoms with E-state index in [2.05, 4.69) is 49.3 Å². The van der Waals surface area contributed by atoms with Gasteiger partial charge in [-0.25, -0.2) is 0 Å². The second-order valence-corrected chi connectivity index (χ2v) is 31.2. The predicted molar refractivity (Wildman–Crippen MR) is 253 cm³/mol. The van der Waals surface area contributed by atoms with E-state index in [1.807, 2.05) is 223 Å². The van der Waals surface area contributed by atoms with Gasteiger partial charge in [0.25, 0.3) is 0 Å². The highest BCUT2D eigenvalue weighted by molar-refractivity contribution is 8.51. The Labute approximate surface area is 346 Å². The van der Waals surface area contributed by atoms with Gasteiger partial charge in [-0.15, -0.1) is 94.1 Å². The van der Waals surface area contributed by atoms with Gasteiger partial charge in [0.2, 0.25) is 0 Å².